The second kappa shape index (κ2) is 7.56. The van der Waals surface area contributed by atoms with Gasteiger partial charge in [-0.15, -0.1) is 11.3 Å². The molecule has 0 unspecified atom stereocenters. The number of fused-ring (bicyclic) bond motifs is 10. The normalized spacial score (nSPS) is 14.1. The average Bonchev–Trinajstić information content (AvgIpc) is 3.49. The molecule has 0 aliphatic heterocycles. The van der Waals surface area contributed by atoms with Gasteiger partial charge in [0.25, 0.3) is 0 Å². The van der Waals surface area contributed by atoms with Crippen molar-refractivity contribution in [2.45, 2.75) is 25.7 Å². The molecule has 5 aromatic carbocycles. The molecule has 4 heteroatoms. The maximum Gasteiger partial charge on any atom is 0.235 e. The summed E-state index contributed by atoms with van der Waals surface area (Å²) in [6, 6.07) is 33.3. The molecule has 3 heterocycles. The van der Waals surface area contributed by atoms with Crippen molar-refractivity contribution in [2.24, 2.45) is 0 Å². The Kier molecular flexibility index (Phi) is 4.02. The second-order valence-electron chi connectivity index (χ2n) is 11.3. The first-order chi connectivity index (χ1) is 19.8. The van der Waals surface area contributed by atoms with E-state index in [0.717, 1.165) is 34.5 Å². The van der Waals surface area contributed by atoms with Gasteiger partial charge in [0.15, 0.2) is 0 Å². The molecular weight excluding hydrogens is 506 g/mol. The molecule has 10 rings (SSSR count). The van der Waals surface area contributed by atoms with Crippen LogP contribution in [0.3, 0.4) is 0 Å². The molecule has 2 aliphatic carbocycles. The van der Waals surface area contributed by atoms with Crippen LogP contribution in [0.2, 0.25) is 0 Å². The van der Waals surface area contributed by atoms with Gasteiger partial charge in [-0.05, 0) is 84.3 Å². The van der Waals surface area contributed by atoms with Gasteiger partial charge in [0.2, 0.25) is 5.95 Å². The molecule has 188 valence electrons. The lowest BCUT2D eigenvalue weighted by Crippen LogP contribution is -2.09. The van der Waals surface area contributed by atoms with Crippen molar-refractivity contribution in [1.82, 2.24) is 14.5 Å². The summed E-state index contributed by atoms with van der Waals surface area (Å²) in [5, 5.41) is 6.37. The summed E-state index contributed by atoms with van der Waals surface area (Å²) in [7, 11) is 0. The van der Waals surface area contributed by atoms with Crippen molar-refractivity contribution in [2.75, 3.05) is 0 Å². The van der Waals surface area contributed by atoms with Crippen molar-refractivity contribution >= 4 is 64.2 Å². The summed E-state index contributed by atoms with van der Waals surface area (Å²) < 4.78 is 5.08. The van der Waals surface area contributed by atoms with E-state index in [1.54, 1.807) is 0 Å². The van der Waals surface area contributed by atoms with Crippen molar-refractivity contribution in [1.29, 1.82) is 0 Å². The largest absolute Gasteiger partial charge is 0.277 e. The van der Waals surface area contributed by atoms with Crippen LogP contribution < -0.4 is 0 Å². The Labute approximate surface area is 234 Å². The van der Waals surface area contributed by atoms with Crippen molar-refractivity contribution < 1.29 is 0 Å². The molecule has 0 atom stereocenters. The maximum atomic E-state index is 5.35. The summed E-state index contributed by atoms with van der Waals surface area (Å²) in [6.07, 6.45) is 4.69. The Bertz CT molecular complexity index is 2380. The second-order valence-corrected chi connectivity index (χ2v) is 12.4. The molecule has 8 aromatic rings. The molecule has 0 amide bonds. The molecule has 40 heavy (non-hydrogen) atoms. The third kappa shape index (κ3) is 2.74. The Morgan fingerprint density at radius 2 is 1.30 bits per heavy atom. The van der Waals surface area contributed by atoms with Gasteiger partial charge in [-0.3, -0.25) is 4.57 Å². The standard InChI is InChI=1S/C36H23N3S/c1-2-6-20(7-3-1)34-26-8-4-5-9-29(26)37-36(38-34)39-30-18-23-12-10-21(23)16-27(30)25-14-15-31-33(35(25)39)28-17-22-11-13-24(22)19-32(28)40-31/h1-9,14-19H,10-13H2. The number of hydrogen-bond acceptors (Lipinski definition) is 3. The quantitative estimate of drug-likeness (QED) is 0.224. The molecule has 0 N–H and O–H groups in total. The van der Waals surface area contributed by atoms with E-state index in [2.05, 4.69) is 95.6 Å². The fourth-order valence-corrected chi connectivity index (χ4v) is 8.09. The fraction of sp³-hybridized carbons (Fsp3) is 0.111. The van der Waals surface area contributed by atoms with Crippen molar-refractivity contribution in [3.8, 4) is 17.2 Å². The number of para-hydroxylation sites is 1. The number of benzene rings is 5. The van der Waals surface area contributed by atoms with Gasteiger partial charge in [-0.25, -0.2) is 9.97 Å². The SMILES string of the molecule is c1ccc(-c2nc(-n3c4cc5c(cc4c4ccc6sc7cc8c(cc7c6c43)CC8)CC5)nc3ccccc23)cc1. The zero-order valence-corrected chi connectivity index (χ0v) is 22.6. The van der Waals surface area contributed by atoms with E-state index < -0.39 is 0 Å². The monoisotopic (exact) mass is 529 g/mol. The molecule has 0 spiro atoms. The number of rotatable bonds is 2. The fourth-order valence-electron chi connectivity index (χ4n) is 6.93. The lowest BCUT2D eigenvalue weighted by atomic mass is 9.87. The highest BCUT2D eigenvalue weighted by molar-refractivity contribution is 7.26. The summed E-state index contributed by atoms with van der Waals surface area (Å²) in [4.78, 5) is 10.6. The van der Waals surface area contributed by atoms with Gasteiger partial charge < -0.3 is 0 Å². The first-order valence-electron chi connectivity index (χ1n) is 14.1. The summed E-state index contributed by atoms with van der Waals surface area (Å²) in [5.41, 5.74) is 11.4. The van der Waals surface area contributed by atoms with Gasteiger partial charge in [-0.2, -0.15) is 0 Å². The number of hydrogen-bond donors (Lipinski definition) is 0. The van der Waals surface area contributed by atoms with E-state index >= 15 is 0 Å². The highest BCUT2D eigenvalue weighted by atomic mass is 32.1. The van der Waals surface area contributed by atoms with E-state index in [4.69, 9.17) is 9.97 Å². The van der Waals surface area contributed by atoms with Gasteiger partial charge in [0.05, 0.1) is 22.2 Å². The van der Waals surface area contributed by atoms with Crippen molar-refractivity contribution in [3.05, 3.63) is 113 Å². The number of thiophene rings is 1. The third-order valence-electron chi connectivity index (χ3n) is 9.17. The number of aryl methyl sites for hydroxylation is 4. The Hall–Kier alpha value is -4.54. The van der Waals surface area contributed by atoms with E-state index in [-0.39, 0.29) is 0 Å². The summed E-state index contributed by atoms with van der Waals surface area (Å²) in [6.45, 7) is 0. The van der Waals surface area contributed by atoms with Crippen LogP contribution in [-0.2, 0) is 25.7 Å². The van der Waals surface area contributed by atoms with Gasteiger partial charge >= 0.3 is 0 Å². The minimum Gasteiger partial charge on any atom is -0.277 e. The minimum atomic E-state index is 0.743. The summed E-state index contributed by atoms with van der Waals surface area (Å²) in [5.74, 6) is 0.743. The zero-order chi connectivity index (χ0) is 25.9. The molecule has 3 aromatic heterocycles. The van der Waals surface area contributed by atoms with Crippen molar-refractivity contribution in [3.63, 3.8) is 0 Å². The van der Waals surface area contributed by atoms with E-state index in [1.807, 2.05) is 11.3 Å². The van der Waals surface area contributed by atoms with E-state index in [9.17, 15) is 0 Å². The van der Waals surface area contributed by atoms with Crippen LogP contribution in [0.1, 0.15) is 22.3 Å². The molecular formula is C36H23N3S. The van der Waals surface area contributed by atoms with Crippen LogP contribution in [0.4, 0.5) is 0 Å². The molecule has 0 radical (unpaired) electrons. The van der Waals surface area contributed by atoms with Crippen LogP contribution in [0.5, 0.6) is 0 Å². The average molecular weight is 530 g/mol. The highest BCUT2D eigenvalue weighted by Gasteiger charge is 2.25. The summed E-state index contributed by atoms with van der Waals surface area (Å²) >= 11 is 1.91. The first-order valence-corrected chi connectivity index (χ1v) is 14.9. The highest BCUT2D eigenvalue weighted by Crippen LogP contribution is 2.45. The molecule has 0 saturated heterocycles. The Morgan fingerprint density at radius 3 is 2.12 bits per heavy atom. The van der Waals surface area contributed by atoms with Crippen LogP contribution >= 0.6 is 11.3 Å². The zero-order valence-electron chi connectivity index (χ0n) is 21.7. The van der Waals surface area contributed by atoms with Crippen LogP contribution in [0.25, 0.3) is 70.1 Å². The van der Waals surface area contributed by atoms with Crippen LogP contribution in [-0.4, -0.2) is 14.5 Å². The van der Waals surface area contributed by atoms with Gasteiger partial charge in [0, 0.05) is 41.9 Å². The molecule has 0 bridgehead atoms. The Balaban J connectivity index is 1.41. The van der Waals surface area contributed by atoms with E-state index in [0.29, 0.717) is 0 Å². The van der Waals surface area contributed by atoms with E-state index in [1.165, 1.54) is 83.5 Å². The minimum absolute atomic E-state index is 0.743. The molecule has 3 nitrogen and oxygen atoms in total. The lowest BCUT2D eigenvalue weighted by Gasteiger charge is -2.19. The van der Waals surface area contributed by atoms with Gasteiger partial charge in [0.1, 0.15) is 0 Å². The molecule has 0 saturated carbocycles. The van der Waals surface area contributed by atoms with Crippen LogP contribution in [0, 0.1) is 0 Å². The lowest BCUT2D eigenvalue weighted by molar-refractivity contribution is 0.842. The smallest absolute Gasteiger partial charge is 0.235 e. The van der Waals surface area contributed by atoms with Gasteiger partial charge in [-0.1, -0.05) is 54.6 Å². The Morgan fingerprint density at radius 1 is 0.575 bits per heavy atom. The maximum absolute atomic E-state index is 5.35. The number of aromatic nitrogens is 3. The predicted molar refractivity (Wildman–Crippen MR) is 167 cm³/mol. The number of nitrogens with zero attached hydrogens (tertiary/aromatic N) is 3. The first kappa shape index (κ1) is 21.3. The third-order valence-corrected chi connectivity index (χ3v) is 10.3. The topological polar surface area (TPSA) is 30.7 Å². The predicted octanol–water partition coefficient (Wildman–Crippen LogP) is 8.96. The molecule has 2 aliphatic rings. The van der Waals surface area contributed by atoms with Crippen LogP contribution in [0.15, 0.2) is 91.0 Å². The molecule has 0 fully saturated rings.